The van der Waals surface area contributed by atoms with Gasteiger partial charge in [-0.05, 0) is 55.2 Å². The zero-order valence-corrected chi connectivity index (χ0v) is 18.1. The van der Waals surface area contributed by atoms with E-state index in [1.807, 2.05) is 62.4 Å². The molecule has 5 heteroatoms. The predicted molar refractivity (Wildman–Crippen MR) is 124 cm³/mol. The van der Waals surface area contributed by atoms with Gasteiger partial charge in [-0.25, -0.2) is 0 Å². The number of carbonyl (C=O) groups is 2. The first-order chi connectivity index (χ1) is 15.4. The van der Waals surface area contributed by atoms with E-state index in [9.17, 15) is 19.8 Å². The lowest BCUT2D eigenvalue weighted by atomic mass is 9.92. The van der Waals surface area contributed by atoms with Crippen LogP contribution in [0.4, 0.5) is 5.69 Å². The van der Waals surface area contributed by atoms with Crippen LogP contribution < -0.4 is 4.90 Å². The van der Waals surface area contributed by atoms with Crippen molar-refractivity contribution in [3.05, 3.63) is 106 Å². The molecule has 1 unspecified atom stereocenters. The third kappa shape index (κ3) is 4.02. The van der Waals surface area contributed by atoms with Crippen molar-refractivity contribution in [1.82, 2.24) is 0 Å². The number of aliphatic hydroxyl groups is 1. The lowest BCUT2D eigenvalue weighted by molar-refractivity contribution is -0.118. The van der Waals surface area contributed by atoms with Crippen LogP contribution in [0.1, 0.15) is 34.7 Å². The zero-order chi connectivity index (χ0) is 22.8. The minimum Gasteiger partial charge on any atom is -0.508 e. The number of carbonyl (C=O) groups excluding carboxylic acids is 2. The summed E-state index contributed by atoms with van der Waals surface area (Å²) < 4.78 is 0. The highest BCUT2D eigenvalue weighted by molar-refractivity contribution is 6.16. The summed E-state index contributed by atoms with van der Waals surface area (Å²) in [6, 6.07) is 20.9. The van der Waals surface area contributed by atoms with Gasteiger partial charge in [-0.15, -0.1) is 0 Å². The van der Waals surface area contributed by atoms with Crippen LogP contribution in [0, 0.1) is 13.8 Å². The Bertz CT molecular complexity index is 1200. The third-order valence-electron chi connectivity index (χ3n) is 5.81. The minimum absolute atomic E-state index is 0.0845. The molecule has 0 aliphatic carbocycles. The summed E-state index contributed by atoms with van der Waals surface area (Å²) in [5, 5.41) is 20.5. The fourth-order valence-corrected chi connectivity index (χ4v) is 4.22. The Morgan fingerprint density at radius 3 is 2.28 bits per heavy atom. The van der Waals surface area contributed by atoms with Crippen LogP contribution in [0.25, 0.3) is 0 Å². The lowest BCUT2D eigenvalue weighted by Crippen LogP contribution is -2.31. The first kappa shape index (κ1) is 21.4. The molecule has 1 aliphatic rings. The largest absolute Gasteiger partial charge is 0.508 e. The van der Waals surface area contributed by atoms with E-state index in [-0.39, 0.29) is 23.5 Å². The van der Waals surface area contributed by atoms with Gasteiger partial charge in [0, 0.05) is 12.1 Å². The Hall–Kier alpha value is -3.86. The van der Waals surface area contributed by atoms with E-state index in [4.69, 9.17) is 0 Å². The van der Waals surface area contributed by atoms with Crippen LogP contribution in [0.15, 0.2) is 84.1 Å². The molecule has 5 nitrogen and oxygen atoms in total. The van der Waals surface area contributed by atoms with Gasteiger partial charge in [0.05, 0.1) is 11.6 Å². The Kier molecular flexibility index (Phi) is 5.82. The molecule has 1 heterocycles. The van der Waals surface area contributed by atoms with Gasteiger partial charge in [0.25, 0.3) is 5.91 Å². The molecule has 3 aromatic rings. The van der Waals surface area contributed by atoms with Crippen LogP contribution in [0.3, 0.4) is 0 Å². The highest BCUT2D eigenvalue weighted by Crippen LogP contribution is 2.42. The molecule has 162 valence electrons. The number of aliphatic hydroxyl groups excluding tert-OH is 1. The van der Waals surface area contributed by atoms with Crippen molar-refractivity contribution >= 4 is 17.4 Å². The standard InChI is InChI=1S/C27H25NO4/c1-17-8-14-22(18(2)16-17)28-25(20-10-12-21(29)13-11-20)24(26(31)27(28)32)23(30)15-9-19-6-4-3-5-7-19/h3-8,10-14,16,25,29,31H,9,15H2,1-2H3. The SMILES string of the molecule is Cc1ccc(N2C(=O)C(O)=C(C(=O)CCc3ccccc3)C2c2ccc(O)cc2)c(C)c1. The number of nitrogens with zero attached hydrogens (tertiary/aromatic N) is 1. The monoisotopic (exact) mass is 427 g/mol. The summed E-state index contributed by atoms with van der Waals surface area (Å²) in [4.78, 5) is 28.0. The fourth-order valence-electron chi connectivity index (χ4n) is 4.22. The zero-order valence-electron chi connectivity index (χ0n) is 18.1. The van der Waals surface area contributed by atoms with E-state index < -0.39 is 17.7 Å². The van der Waals surface area contributed by atoms with Gasteiger partial charge in [0.2, 0.25) is 0 Å². The molecule has 0 aromatic heterocycles. The highest BCUT2D eigenvalue weighted by Gasteiger charge is 2.44. The molecular weight excluding hydrogens is 402 g/mol. The molecular formula is C27H25NO4. The molecule has 0 fully saturated rings. The van der Waals surface area contributed by atoms with E-state index in [2.05, 4.69) is 0 Å². The second-order valence-corrected chi connectivity index (χ2v) is 8.13. The van der Waals surface area contributed by atoms with Crippen LogP contribution in [-0.4, -0.2) is 21.9 Å². The minimum atomic E-state index is -0.771. The van der Waals surface area contributed by atoms with Crippen molar-refractivity contribution in [3.8, 4) is 5.75 Å². The molecule has 0 spiro atoms. The average molecular weight is 428 g/mol. The Balaban J connectivity index is 1.75. The molecule has 0 saturated heterocycles. The van der Waals surface area contributed by atoms with Crippen molar-refractivity contribution < 1.29 is 19.8 Å². The number of anilines is 1. The number of ketones is 1. The van der Waals surface area contributed by atoms with Gasteiger partial charge in [-0.1, -0.05) is 60.2 Å². The van der Waals surface area contributed by atoms with Crippen LogP contribution in [0.5, 0.6) is 5.75 Å². The molecule has 1 atom stereocenters. The van der Waals surface area contributed by atoms with Gasteiger partial charge in [-0.2, -0.15) is 0 Å². The van der Waals surface area contributed by atoms with Crippen LogP contribution in [0.2, 0.25) is 0 Å². The van der Waals surface area contributed by atoms with Crippen molar-refractivity contribution in [3.63, 3.8) is 0 Å². The number of phenols is 1. The second kappa shape index (κ2) is 8.71. The van der Waals surface area contributed by atoms with Gasteiger partial charge in [-0.3, -0.25) is 14.5 Å². The summed E-state index contributed by atoms with van der Waals surface area (Å²) in [6.07, 6.45) is 0.683. The number of benzene rings is 3. The fraction of sp³-hybridized carbons (Fsp3) is 0.185. The quantitative estimate of drug-likeness (QED) is 0.573. The van der Waals surface area contributed by atoms with Crippen LogP contribution in [-0.2, 0) is 16.0 Å². The number of phenolic OH excluding ortho intramolecular Hbond substituents is 1. The highest BCUT2D eigenvalue weighted by atomic mass is 16.3. The Morgan fingerprint density at radius 2 is 1.62 bits per heavy atom. The molecule has 1 aliphatic heterocycles. The molecule has 0 saturated carbocycles. The Labute approximate surface area is 187 Å². The molecule has 2 N–H and O–H groups in total. The lowest BCUT2D eigenvalue weighted by Gasteiger charge is -2.28. The molecule has 4 rings (SSSR count). The normalized spacial score (nSPS) is 16.0. The number of aryl methyl sites for hydroxylation is 3. The van der Waals surface area contributed by atoms with Gasteiger partial charge < -0.3 is 10.2 Å². The number of amides is 1. The van der Waals surface area contributed by atoms with E-state index in [0.717, 1.165) is 16.7 Å². The smallest absolute Gasteiger partial charge is 0.294 e. The number of hydrogen-bond donors (Lipinski definition) is 2. The number of aromatic hydroxyl groups is 1. The molecule has 32 heavy (non-hydrogen) atoms. The number of rotatable bonds is 6. The summed E-state index contributed by atoms with van der Waals surface area (Å²) >= 11 is 0. The predicted octanol–water partition coefficient (Wildman–Crippen LogP) is 5.11. The topological polar surface area (TPSA) is 77.8 Å². The summed E-state index contributed by atoms with van der Waals surface area (Å²) in [5.41, 5.74) is 4.30. The van der Waals surface area contributed by atoms with Gasteiger partial charge in [0.15, 0.2) is 11.5 Å². The molecule has 0 bridgehead atoms. The molecule has 0 radical (unpaired) electrons. The average Bonchev–Trinajstić information content (AvgIpc) is 3.04. The maximum atomic E-state index is 13.3. The maximum absolute atomic E-state index is 13.3. The maximum Gasteiger partial charge on any atom is 0.294 e. The second-order valence-electron chi connectivity index (χ2n) is 8.13. The van der Waals surface area contributed by atoms with E-state index >= 15 is 0 Å². The van der Waals surface area contributed by atoms with Crippen molar-refractivity contribution in [2.75, 3.05) is 4.90 Å². The van der Waals surface area contributed by atoms with Gasteiger partial charge >= 0.3 is 0 Å². The van der Waals surface area contributed by atoms with Crippen LogP contribution >= 0.6 is 0 Å². The van der Waals surface area contributed by atoms with E-state index in [0.29, 0.717) is 17.7 Å². The van der Waals surface area contributed by atoms with E-state index in [1.54, 1.807) is 12.1 Å². The molecule has 3 aromatic carbocycles. The number of hydrogen-bond acceptors (Lipinski definition) is 4. The van der Waals surface area contributed by atoms with Crippen molar-refractivity contribution in [2.45, 2.75) is 32.7 Å². The first-order valence-electron chi connectivity index (χ1n) is 10.6. The summed E-state index contributed by atoms with van der Waals surface area (Å²) in [7, 11) is 0. The summed E-state index contributed by atoms with van der Waals surface area (Å²) in [5.74, 6) is -1.30. The molecule has 1 amide bonds. The first-order valence-corrected chi connectivity index (χ1v) is 10.6. The summed E-state index contributed by atoms with van der Waals surface area (Å²) in [6.45, 7) is 3.87. The number of Topliss-reactive ketones (excluding diaryl/α,β-unsaturated/α-hetero) is 1. The van der Waals surface area contributed by atoms with Crippen molar-refractivity contribution in [2.24, 2.45) is 0 Å². The Morgan fingerprint density at radius 1 is 0.938 bits per heavy atom. The van der Waals surface area contributed by atoms with E-state index in [1.165, 1.54) is 17.0 Å². The van der Waals surface area contributed by atoms with Crippen molar-refractivity contribution in [1.29, 1.82) is 0 Å². The van der Waals surface area contributed by atoms with Gasteiger partial charge in [0.1, 0.15) is 5.75 Å². The third-order valence-corrected chi connectivity index (χ3v) is 5.81.